The Kier molecular flexibility index (Phi) is 38.6. The number of thioether (sulfide) groups is 1. The van der Waals surface area contributed by atoms with Crippen LogP contribution in [0.4, 0.5) is 5.82 Å². The van der Waals surface area contributed by atoms with Gasteiger partial charge in [-0.15, -0.1) is 0 Å². The van der Waals surface area contributed by atoms with Crippen LogP contribution in [0.2, 0.25) is 0 Å². The van der Waals surface area contributed by atoms with E-state index in [2.05, 4.69) is 46.3 Å². The molecular formula is C69H109N7O10S. The van der Waals surface area contributed by atoms with E-state index in [-0.39, 0.29) is 68.6 Å². The van der Waals surface area contributed by atoms with Crippen molar-refractivity contribution >= 4 is 75.1 Å². The van der Waals surface area contributed by atoms with Gasteiger partial charge < -0.3 is 45.6 Å². The van der Waals surface area contributed by atoms with Gasteiger partial charge in [-0.2, -0.15) is 11.8 Å². The van der Waals surface area contributed by atoms with Gasteiger partial charge in [-0.25, -0.2) is 14.8 Å². The molecule has 2 aromatic heterocycles. The van der Waals surface area contributed by atoms with Gasteiger partial charge in [-0.1, -0.05) is 224 Å². The van der Waals surface area contributed by atoms with Crippen LogP contribution in [-0.4, -0.2) is 105 Å². The fourth-order valence-corrected chi connectivity index (χ4v) is 11.8. The lowest BCUT2D eigenvalue weighted by molar-refractivity contribution is -0.157. The molecule has 18 heteroatoms. The fraction of sp³-hybridized carbons (Fsp3) is 0.681. The number of aliphatic hydroxyl groups is 1. The molecule has 0 saturated carbocycles. The summed E-state index contributed by atoms with van der Waals surface area (Å²) in [5.41, 5.74) is 10.9. The smallest absolute Gasteiger partial charge is 0.330 e. The number of nitrogens with one attached hydrogen (secondary N) is 3. The van der Waals surface area contributed by atoms with Gasteiger partial charge in [-0.05, 0) is 42.9 Å². The van der Waals surface area contributed by atoms with E-state index in [1.807, 2.05) is 48.5 Å². The van der Waals surface area contributed by atoms with Gasteiger partial charge in [-0.3, -0.25) is 24.0 Å². The third-order valence-electron chi connectivity index (χ3n) is 16.0. The van der Waals surface area contributed by atoms with Crippen LogP contribution < -0.4 is 21.7 Å². The number of esters is 3. The molecule has 87 heavy (non-hydrogen) atoms. The first-order valence-electron chi connectivity index (χ1n) is 33.5. The minimum atomic E-state index is -1.38. The standard InChI is InChI=1S/C69H109N7O10S/c1-5-8-11-13-15-17-19-21-23-25-27-29-31-41-63(80)85-50-55(86-64(81)42-32-30-28-26-24-22-20-18-16-14-12-9-6-2)51-87-52-59(68(82)74-58(49-77)69(83)84-4)72-62(79)40-35-39-61(78)71-47-53-43-45-54(46-44-53)48-76-60(38-10-7-3)75-65-66(76)56-36-33-34-37-57(56)73-67(65)70/h33-34,36-37,43-46,55,58-59,77H,5-32,35,38-42,47-52H2,1-4H3,(H2,70,73)(H,71,78)(H,72,79)(H,74,82)/t55-,58?,59?/m1/s1. The normalized spacial score (nSPS) is 12.4. The molecule has 0 spiro atoms. The number of aliphatic hydroxyl groups excluding tert-OH is 1. The zero-order valence-electron chi connectivity index (χ0n) is 53.6. The summed E-state index contributed by atoms with van der Waals surface area (Å²) in [5, 5.41) is 19.0. The van der Waals surface area contributed by atoms with Crippen LogP contribution in [-0.2, 0) is 62.5 Å². The number of amides is 3. The highest BCUT2D eigenvalue weighted by atomic mass is 32.2. The summed E-state index contributed by atoms with van der Waals surface area (Å²) in [6.45, 7) is 6.62. The Hall–Kier alpha value is -5.75. The molecule has 0 saturated heterocycles. The number of anilines is 1. The zero-order chi connectivity index (χ0) is 62.7. The summed E-state index contributed by atoms with van der Waals surface area (Å²) in [6.07, 6.45) is 33.6. The second kappa shape index (κ2) is 45.5. The first kappa shape index (κ1) is 73.7. The summed E-state index contributed by atoms with van der Waals surface area (Å²) < 4.78 is 18.6. The van der Waals surface area contributed by atoms with Gasteiger partial charge in [0.25, 0.3) is 0 Å². The summed E-state index contributed by atoms with van der Waals surface area (Å²) >= 11 is 1.21. The van der Waals surface area contributed by atoms with E-state index in [1.165, 1.54) is 127 Å². The monoisotopic (exact) mass is 1230 g/mol. The van der Waals surface area contributed by atoms with Crippen molar-refractivity contribution < 1.29 is 48.1 Å². The highest BCUT2D eigenvalue weighted by Gasteiger charge is 2.28. The number of aryl methyl sites for hydroxylation is 1. The number of methoxy groups -OCH3 is 1. The van der Waals surface area contributed by atoms with Gasteiger partial charge in [0.1, 0.15) is 30.1 Å². The average molecular weight is 1230 g/mol. The number of ether oxygens (including phenoxy) is 3. The minimum absolute atomic E-state index is 0.0159. The largest absolute Gasteiger partial charge is 0.467 e. The second-order valence-electron chi connectivity index (χ2n) is 23.6. The summed E-state index contributed by atoms with van der Waals surface area (Å²) in [5.74, 6) is -1.62. The number of imidazole rings is 1. The molecule has 6 N–H and O–H groups in total. The Bertz CT molecular complexity index is 2600. The fourth-order valence-electron chi connectivity index (χ4n) is 10.8. The number of hydrogen-bond donors (Lipinski definition) is 5. The van der Waals surface area contributed by atoms with Crippen LogP contribution in [0.25, 0.3) is 21.9 Å². The van der Waals surface area contributed by atoms with Gasteiger partial charge >= 0.3 is 17.9 Å². The summed E-state index contributed by atoms with van der Waals surface area (Å²) in [4.78, 5) is 88.3. The van der Waals surface area contributed by atoms with Crippen LogP contribution in [0, 0.1) is 0 Å². The van der Waals surface area contributed by atoms with E-state index in [0.29, 0.717) is 30.7 Å². The quantitative estimate of drug-likeness (QED) is 0.0157. The predicted molar refractivity (Wildman–Crippen MR) is 351 cm³/mol. The highest BCUT2D eigenvalue weighted by molar-refractivity contribution is 7.99. The molecule has 486 valence electrons. The van der Waals surface area contributed by atoms with Gasteiger partial charge in [0, 0.05) is 62.1 Å². The molecular weight excluding hydrogens is 1120 g/mol. The molecule has 0 radical (unpaired) electrons. The molecule has 0 aliphatic rings. The van der Waals surface area contributed by atoms with E-state index in [4.69, 9.17) is 24.9 Å². The van der Waals surface area contributed by atoms with Crippen molar-refractivity contribution in [2.45, 2.75) is 270 Å². The number of unbranched alkanes of at least 4 members (excludes halogenated alkanes) is 25. The SMILES string of the molecule is CCCCCCCCCCCCCCCC(=O)OC[C@H](CSCC(NC(=O)CCCC(=O)NCc1ccc(Cn2c(CCCC)nc3c(N)nc4ccccc4c32)cc1)C(=O)NC(CO)C(=O)OC)OC(=O)CCCCCCCCCCCCCCC. The van der Waals surface area contributed by atoms with Crippen LogP contribution in [0.1, 0.15) is 250 Å². The first-order valence-corrected chi connectivity index (χ1v) is 34.7. The van der Waals surface area contributed by atoms with E-state index < -0.39 is 48.5 Å². The molecule has 0 fully saturated rings. The number of carbonyl (C=O) groups is 6. The maximum absolute atomic E-state index is 13.7. The lowest BCUT2D eigenvalue weighted by Crippen LogP contribution is -2.54. The molecule has 4 rings (SSSR count). The molecule has 2 aromatic carbocycles. The maximum atomic E-state index is 13.7. The number of pyridine rings is 1. The molecule has 2 heterocycles. The molecule has 4 aromatic rings. The van der Waals surface area contributed by atoms with Crippen LogP contribution in [0.5, 0.6) is 0 Å². The average Bonchev–Trinajstić information content (AvgIpc) is 1.68. The number of fused-ring (bicyclic) bond motifs is 3. The third kappa shape index (κ3) is 30.3. The Morgan fingerprint density at radius 1 is 0.586 bits per heavy atom. The minimum Gasteiger partial charge on any atom is -0.467 e. The van der Waals surface area contributed by atoms with Crippen molar-refractivity contribution in [3.05, 3.63) is 65.5 Å². The van der Waals surface area contributed by atoms with Crippen LogP contribution in [0.15, 0.2) is 48.5 Å². The van der Waals surface area contributed by atoms with Crippen LogP contribution >= 0.6 is 11.8 Å². The van der Waals surface area contributed by atoms with Gasteiger partial charge in [0.05, 0.1) is 24.8 Å². The zero-order valence-corrected chi connectivity index (χ0v) is 54.4. The second-order valence-corrected chi connectivity index (χ2v) is 24.7. The van der Waals surface area contributed by atoms with Crippen molar-refractivity contribution in [2.75, 3.05) is 37.6 Å². The third-order valence-corrected chi connectivity index (χ3v) is 17.2. The number of nitrogen functional groups attached to an aromatic ring is 1. The highest BCUT2D eigenvalue weighted by Crippen LogP contribution is 2.30. The number of carbonyl (C=O) groups excluding carboxylic acids is 6. The van der Waals surface area contributed by atoms with E-state index >= 15 is 0 Å². The molecule has 17 nitrogen and oxygen atoms in total. The predicted octanol–water partition coefficient (Wildman–Crippen LogP) is 13.6. The van der Waals surface area contributed by atoms with Crippen LogP contribution in [0.3, 0.4) is 0 Å². The Labute approximate surface area is 524 Å². The van der Waals surface area contributed by atoms with Gasteiger partial charge in [0.15, 0.2) is 11.9 Å². The maximum Gasteiger partial charge on any atom is 0.330 e. The number of nitrogens with two attached hydrogens (primary N) is 1. The first-order chi connectivity index (χ1) is 42.4. The lowest BCUT2D eigenvalue weighted by atomic mass is 10.0. The number of hydrogen-bond acceptors (Lipinski definition) is 14. The van der Waals surface area contributed by atoms with Crippen molar-refractivity contribution in [3.63, 3.8) is 0 Å². The van der Waals surface area contributed by atoms with E-state index in [0.717, 1.165) is 98.3 Å². The molecule has 0 aliphatic carbocycles. The Morgan fingerprint density at radius 2 is 1.11 bits per heavy atom. The number of para-hydroxylation sites is 1. The number of aromatic nitrogens is 3. The van der Waals surface area contributed by atoms with Crippen molar-refractivity contribution in [2.24, 2.45) is 0 Å². The lowest BCUT2D eigenvalue weighted by Gasteiger charge is -2.22. The topological polar surface area (TPSA) is 243 Å². The number of nitrogens with zero attached hydrogens (tertiary/aromatic N) is 3. The summed E-state index contributed by atoms with van der Waals surface area (Å²) in [7, 11) is 1.14. The Morgan fingerprint density at radius 3 is 1.68 bits per heavy atom. The molecule has 0 bridgehead atoms. The molecule has 3 atom stereocenters. The van der Waals surface area contributed by atoms with E-state index in [1.54, 1.807) is 0 Å². The summed E-state index contributed by atoms with van der Waals surface area (Å²) in [6, 6.07) is 13.4. The Balaban J connectivity index is 1.27. The molecule has 0 aliphatic heterocycles. The van der Waals surface area contributed by atoms with Crippen molar-refractivity contribution in [1.82, 2.24) is 30.5 Å². The van der Waals surface area contributed by atoms with Gasteiger partial charge in [0.2, 0.25) is 17.7 Å². The van der Waals surface area contributed by atoms with Crippen molar-refractivity contribution in [1.29, 1.82) is 0 Å². The van der Waals surface area contributed by atoms with E-state index in [9.17, 15) is 33.9 Å². The van der Waals surface area contributed by atoms with Crippen molar-refractivity contribution in [3.8, 4) is 0 Å². The number of benzene rings is 2. The molecule has 2 unspecified atom stereocenters. The molecule has 3 amide bonds. The number of rotatable bonds is 51.